The highest BCUT2D eigenvalue weighted by Crippen LogP contribution is 2.16. The molecule has 1 unspecified atom stereocenters. The number of rotatable bonds is 4. The van der Waals surface area contributed by atoms with Crippen molar-refractivity contribution in [3.63, 3.8) is 0 Å². The fourth-order valence-corrected chi connectivity index (χ4v) is 3.15. The van der Waals surface area contributed by atoms with E-state index in [1.807, 2.05) is 4.68 Å². The molecule has 1 atom stereocenters. The molecule has 3 heterocycles. The van der Waals surface area contributed by atoms with Gasteiger partial charge in [-0.1, -0.05) is 0 Å². The molecule has 1 amide bonds. The summed E-state index contributed by atoms with van der Waals surface area (Å²) in [5.74, 6) is -0.355. The second-order valence-corrected chi connectivity index (χ2v) is 7.76. The van der Waals surface area contributed by atoms with E-state index >= 15 is 0 Å². The normalized spacial score (nSPS) is 18.3. The van der Waals surface area contributed by atoms with Crippen molar-refractivity contribution >= 4 is 21.4 Å². The number of sulfone groups is 1. The van der Waals surface area contributed by atoms with Gasteiger partial charge in [0.25, 0.3) is 5.91 Å². The van der Waals surface area contributed by atoms with Gasteiger partial charge in [0.15, 0.2) is 20.6 Å². The van der Waals surface area contributed by atoms with Crippen LogP contribution in [0.1, 0.15) is 29.4 Å². The van der Waals surface area contributed by atoms with Gasteiger partial charge in [-0.2, -0.15) is 5.10 Å². The summed E-state index contributed by atoms with van der Waals surface area (Å²) < 4.78 is 24.6. The standard InChI is InChI=1S/C15H19N5O3S/c1-24(22,23)14-5-4-11(9-17-14)18-15(21)13-6-8-20(19-13)12-3-2-7-16-10-12/h4-6,8-9,12,16H,2-3,7,10H2,1H3,(H,18,21). The average Bonchev–Trinajstić information content (AvgIpc) is 3.05. The van der Waals surface area contributed by atoms with Crippen LogP contribution in [-0.2, 0) is 9.84 Å². The van der Waals surface area contributed by atoms with Crippen molar-refractivity contribution in [1.29, 1.82) is 0 Å². The quantitative estimate of drug-likeness (QED) is 0.848. The van der Waals surface area contributed by atoms with Gasteiger partial charge in [0, 0.05) is 19.0 Å². The molecule has 0 bridgehead atoms. The van der Waals surface area contributed by atoms with Gasteiger partial charge in [0.2, 0.25) is 0 Å². The lowest BCUT2D eigenvalue weighted by Crippen LogP contribution is -2.32. The van der Waals surface area contributed by atoms with E-state index < -0.39 is 9.84 Å². The van der Waals surface area contributed by atoms with Crippen molar-refractivity contribution < 1.29 is 13.2 Å². The van der Waals surface area contributed by atoms with Crippen molar-refractivity contribution in [2.24, 2.45) is 0 Å². The van der Waals surface area contributed by atoms with Gasteiger partial charge < -0.3 is 10.6 Å². The predicted octanol–water partition coefficient (Wildman–Crippen LogP) is 0.858. The molecule has 1 aliphatic rings. The first-order valence-electron chi connectivity index (χ1n) is 7.67. The first kappa shape index (κ1) is 16.6. The Balaban J connectivity index is 1.67. The molecule has 0 radical (unpaired) electrons. The minimum absolute atomic E-state index is 0.0328. The summed E-state index contributed by atoms with van der Waals surface area (Å²) in [6.45, 7) is 1.86. The Labute approximate surface area is 140 Å². The van der Waals surface area contributed by atoms with Gasteiger partial charge in [-0.05, 0) is 37.6 Å². The van der Waals surface area contributed by atoms with Gasteiger partial charge in [-0.15, -0.1) is 0 Å². The lowest BCUT2D eigenvalue weighted by atomic mass is 10.1. The highest BCUT2D eigenvalue weighted by atomic mass is 32.2. The maximum Gasteiger partial charge on any atom is 0.276 e. The van der Waals surface area contributed by atoms with Crippen LogP contribution < -0.4 is 10.6 Å². The third-order valence-corrected chi connectivity index (χ3v) is 4.86. The summed E-state index contributed by atoms with van der Waals surface area (Å²) >= 11 is 0. The molecule has 3 rings (SSSR count). The summed E-state index contributed by atoms with van der Waals surface area (Å²) in [6.07, 6.45) is 6.32. The average molecular weight is 349 g/mol. The SMILES string of the molecule is CS(=O)(=O)c1ccc(NC(=O)c2ccn(C3CCCNC3)n2)cn1. The van der Waals surface area contributed by atoms with Gasteiger partial charge >= 0.3 is 0 Å². The van der Waals surface area contributed by atoms with Crippen molar-refractivity contribution in [2.75, 3.05) is 24.7 Å². The number of anilines is 1. The van der Waals surface area contributed by atoms with Gasteiger partial charge in [0.1, 0.15) is 0 Å². The number of amides is 1. The van der Waals surface area contributed by atoms with Crippen molar-refractivity contribution in [1.82, 2.24) is 20.1 Å². The molecule has 9 heteroatoms. The van der Waals surface area contributed by atoms with Crippen LogP contribution in [0.3, 0.4) is 0 Å². The number of nitrogens with zero attached hydrogens (tertiary/aromatic N) is 3. The first-order valence-corrected chi connectivity index (χ1v) is 9.56. The van der Waals surface area contributed by atoms with Crippen LogP contribution >= 0.6 is 0 Å². The van der Waals surface area contributed by atoms with Crippen LogP contribution in [0.15, 0.2) is 35.6 Å². The molecule has 0 saturated carbocycles. The molecule has 2 aromatic heterocycles. The third kappa shape index (κ3) is 3.80. The number of nitrogens with one attached hydrogen (secondary N) is 2. The number of carbonyl (C=O) groups is 1. The van der Waals surface area contributed by atoms with Crippen LogP contribution in [0.25, 0.3) is 0 Å². The van der Waals surface area contributed by atoms with Crippen LogP contribution in [-0.4, -0.2) is 48.4 Å². The maximum atomic E-state index is 12.2. The molecule has 0 spiro atoms. The monoisotopic (exact) mass is 349 g/mol. The predicted molar refractivity (Wildman–Crippen MR) is 88.7 cm³/mol. The first-order chi connectivity index (χ1) is 11.4. The number of carbonyl (C=O) groups excluding carboxylic acids is 1. The van der Waals surface area contributed by atoms with Crippen molar-refractivity contribution in [2.45, 2.75) is 23.9 Å². The Bertz CT molecular complexity index is 823. The lowest BCUT2D eigenvalue weighted by molar-refractivity contribution is 0.102. The molecule has 1 saturated heterocycles. The fourth-order valence-electron chi connectivity index (χ4n) is 2.59. The molecule has 24 heavy (non-hydrogen) atoms. The molecule has 128 valence electrons. The zero-order valence-electron chi connectivity index (χ0n) is 13.3. The highest BCUT2D eigenvalue weighted by Gasteiger charge is 2.18. The molecular formula is C15H19N5O3S. The summed E-state index contributed by atoms with van der Waals surface area (Å²) in [4.78, 5) is 16.1. The van der Waals surface area contributed by atoms with E-state index in [1.165, 1.54) is 18.3 Å². The Kier molecular flexibility index (Phi) is 4.63. The van der Waals surface area contributed by atoms with Gasteiger partial charge in [-0.25, -0.2) is 13.4 Å². The van der Waals surface area contributed by atoms with E-state index in [9.17, 15) is 13.2 Å². The second-order valence-electron chi connectivity index (χ2n) is 5.79. The molecule has 2 aromatic rings. The largest absolute Gasteiger partial charge is 0.319 e. The summed E-state index contributed by atoms with van der Waals surface area (Å²) in [6, 6.07) is 4.79. The Morgan fingerprint density at radius 2 is 2.21 bits per heavy atom. The molecule has 0 aromatic carbocycles. The molecule has 1 fully saturated rings. The summed E-state index contributed by atoms with van der Waals surface area (Å²) in [7, 11) is -3.35. The van der Waals surface area contributed by atoms with Gasteiger partial charge in [0.05, 0.1) is 17.9 Å². The minimum Gasteiger partial charge on any atom is -0.319 e. The van der Waals surface area contributed by atoms with Crippen molar-refractivity contribution in [3.05, 3.63) is 36.3 Å². The molecule has 0 aliphatic carbocycles. The smallest absolute Gasteiger partial charge is 0.276 e. The second kappa shape index (κ2) is 6.70. The van der Waals surface area contributed by atoms with E-state index in [0.29, 0.717) is 11.4 Å². The number of aromatic nitrogens is 3. The topological polar surface area (TPSA) is 106 Å². The maximum absolute atomic E-state index is 12.2. The van der Waals surface area contributed by atoms with Crippen LogP contribution in [0.4, 0.5) is 5.69 Å². The van der Waals surface area contributed by atoms with Crippen LogP contribution in [0.5, 0.6) is 0 Å². The number of pyridine rings is 1. The summed E-state index contributed by atoms with van der Waals surface area (Å²) in [5, 5.41) is 10.3. The third-order valence-electron chi connectivity index (χ3n) is 3.86. The Hall–Kier alpha value is -2.26. The zero-order chi connectivity index (χ0) is 17.2. The molecule has 1 aliphatic heterocycles. The molecule has 8 nitrogen and oxygen atoms in total. The van der Waals surface area contributed by atoms with Crippen LogP contribution in [0, 0.1) is 0 Å². The van der Waals surface area contributed by atoms with E-state index in [0.717, 1.165) is 32.2 Å². The zero-order valence-corrected chi connectivity index (χ0v) is 14.1. The minimum atomic E-state index is -3.35. The Morgan fingerprint density at radius 3 is 2.83 bits per heavy atom. The molecule has 2 N–H and O–H groups in total. The fraction of sp³-hybridized carbons (Fsp3) is 0.400. The van der Waals surface area contributed by atoms with E-state index in [4.69, 9.17) is 0 Å². The van der Waals surface area contributed by atoms with Crippen molar-refractivity contribution in [3.8, 4) is 0 Å². The van der Waals surface area contributed by atoms with Gasteiger partial charge in [-0.3, -0.25) is 9.48 Å². The number of piperidine rings is 1. The highest BCUT2D eigenvalue weighted by molar-refractivity contribution is 7.90. The Morgan fingerprint density at radius 1 is 1.38 bits per heavy atom. The van der Waals surface area contributed by atoms with Crippen LogP contribution in [0.2, 0.25) is 0 Å². The van der Waals surface area contributed by atoms with E-state index in [1.54, 1.807) is 12.3 Å². The lowest BCUT2D eigenvalue weighted by Gasteiger charge is -2.22. The van der Waals surface area contributed by atoms with E-state index in [-0.39, 0.29) is 17.0 Å². The summed E-state index contributed by atoms with van der Waals surface area (Å²) in [5.41, 5.74) is 0.731. The molecular weight excluding hydrogens is 330 g/mol. The number of hydrogen-bond donors (Lipinski definition) is 2. The number of hydrogen-bond acceptors (Lipinski definition) is 6. The van der Waals surface area contributed by atoms with E-state index in [2.05, 4.69) is 20.7 Å².